The summed E-state index contributed by atoms with van der Waals surface area (Å²) in [4.78, 5) is 37.7. The van der Waals surface area contributed by atoms with Gasteiger partial charge in [-0.3, -0.25) is 14.6 Å². The third kappa shape index (κ3) is 4.78. The minimum Gasteiger partial charge on any atom is -0.370 e. The van der Waals surface area contributed by atoms with Crippen LogP contribution in [0, 0.1) is 0 Å². The maximum atomic E-state index is 12.7. The second-order valence-corrected chi connectivity index (χ2v) is 7.19. The van der Waals surface area contributed by atoms with Crippen LogP contribution in [0.4, 0.5) is 5.82 Å². The van der Waals surface area contributed by atoms with Crippen LogP contribution < -0.4 is 5.32 Å². The van der Waals surface area contributed by atoms with Gasteiger partial charge < -0.3 is 15.1 Å². The number of anilines is 1. The number of thiazole rings is 1. The molecule has 26 heavy (non-hydrogen) atoms. The summed E-state index contributed by atoms with van der Waals surface area (Å²) < 4.78 is 0. The number of rotatable bonds is 1. The zero-order valence-corrected chi connectivity index (χ0v) is 15.7. The van der Waals surface area contributed by atoms with Crippen LogP contribution in [0.2, 0.25) is 0 Å². The van der Waals surface area contributed by atoms with Crippen molar-refractivity contribution in [2.75, 3.05) is 38.5 Å². The third-order valence-electron chi connectivity index (χ3n) is 4.33. The summed E-state index contributed by atoms with van der Waals surface area (Å²) in [6.07, 6.45) is 3.88. The number of pyridine rings is 1. The van der Waals surface area contributed by atoms with Crippen molar-refractivity contribution in [2.24, 2.45) is 0 Å². The van der Waals surface area contributed by atoms with Crippen molar-refractivity contribution in [2.45, 2.75) is 19.3 Å². The number of amides is 2. The van der Waals surface area contributed by atoms with Crippen LogP contribution in [0.15, 0.2) is 29.9 Å². The van der Waals surface area contributed by atoms with Crippen LogP contribution in [0.5, 0.6) is 0 Å². The van der Waals surface area contributed by atoms with Crippen molar-refractivity contribution < 1.29 is 9.59 Å². The first-order chi connectivity index (χ1) is 12.6. The van der Waals surface area contributed by atoms with E-state index >= 15 is 0 Å². The minimum absolute atomic E-state index is 0.0448. The van der Waals surface area contributed by atoms with E-state index in [9.17, 15) is 9.59 Å². The summed E-state index contributed by atoms with van der Waals surface area (Å²) in [5.74, 6) is 0.674. The van der Waals surface area contributed by atoms with Gasteiger partial charge in [0.05, 0.1) is 11.7 Å². The Hall–Kier alpha value is -2.48. The molecule has 1 aliphatic heterocycles. The van der Waals surface area contributed by atoms with Crippen molar-refractivity contribution in [3.05, 3.63) is 40.5 Å². The van der Waals surface area contributed by atoms with Gasteiger partial charge in [0, 0.05) is 32.4 Å². The molecule has 0 saturated carbocycles. The fraction of sp³-hybridized carbons (Fsp3) is 0.444. The fourth-order valence-corrected chi connectivity index (χ4v) is 3.43. The van der Waals surface area contributed by atoms with E-state index in [1.54, 1.807) is 28.6 Å². The number of hydrogen-bond acceptors (Lipinski definition) is 6. The monoisotopic (exact) mass is 373 g/mol. The van der Waals surface area contributed by atoms with E-state index in [-0.39, 0.29) is 18.4 Å². The smallest absolute Gasteiger partial charge is 0.266 e. The molecule has 0 atom stereocenters. The van der Waals surface area contributed by atoms with Gasteiger partial charge in [-0.2, -0.15) is 0 Å². The second kappa shape index (κ2) is 8.75. The maximum absolute atomic E-state index is 12.7. The lowest BCUT2D eigenvalue weighted by atomic mass is 10.2. The Kier molecular flexibility index (Phi) is 6.17. The SMILES string of the molecule is CN1CCCNc2cccc(n2)CCCN(C(=O)c2cncs2)CC1=O. The van der Waals surface area contributed by atoms with Gasteiger partial charge >= 0.3 is 0 Å². The predicted octanol–water partition coefficient (Wildman–Crippen LogP) is 1.89. The highest BCUT2D eigenvalue weighted by Gasteiger charge is 2.21. The summed E-state index contributed by atoms with van der Waals surface area (Å²) in [6, 6.07) is 5.93. The highest BCUT2D eigenvalue weighted by atomic mass is 32.1. The average Bonchev–Trinajstić information content (AvgIpc) is 3.18. The van der Waals surface area contributed by atoms with Crippen LogP contribution >= 0.6 is 11.3 Å². The zero-order chi connectivity index (χ0) is 18.4. The number of carbonyl (C=O) groups is 2. The molecule has 8 heteroatoms. The molecule has 2 amide bonds. The quantitative estimate of drug-likeness (QED) is 0.826. The topological polar surface area (TPSA) is 78.4 Å². The third-order valence-corrected chi connectivity index (χ3v) is 5.09. The van der Waals surface area contributed by atoms with E-state index in [4.69, 9.17) is 0 Å². The lowest BCUT2D eigenvalue weighted by Gasteiger charge is -2.25. The normalized spacial score (nSPS) is 16.7. The number of likely N-dealkylation sites (N-methyl/N-ethyl adjacent to an activating group) is 1. The molecule has 0 aliphatic carbocycles. The lowest BCUT2D eigenvalue weighted by Crippen LogP contribution is -2.42. The molecular formula is C18H23N5O2S. The first-order valence-electron chi connectivity index (χ1n) is 8.75. The minimum atomic E-state index is -0.135. The summed E-state index contributed by atoms with van der Waals surface area (Å²) >= 11 is 1.30. The Labute approximate surface area is 157 Å². The largest absolute Gasteiger partial charge is 0.370 e. The van der Waals surface area contributed by atoms with Gasteiger partial charge in [0.25, 0.3) is 5.91 Å². The molecule has 3 rings (SSSR count). The van der Waals surface area contributed by atoms with Gasteiger partial charge in [0.15, 0.2) is 0 Å². The fourth-order valence-electron chi connectivity index (χ4n) is 2.84. The van der Waals surface area contributed by atoms with E-state index in [1.165, 1.54) is 11.3 Å². The molecule has 1 N–H and O–H groups in total. The number of fused-ring (bicyclic) bond motifs is 2. The molecule has 0 saturated heterocycles. The summed E-state index contributed by atoms with van der Waals surface area (Å²) in [7, 11) is 1.78. The Morgan fingerprint density at radius 3 is 2.96 bits per heavy atom. The highest BCUT2D eigenvalue weighted by Crippen LogP contribution is 2.13. The number of aromatic nitrogens is 2. The number of nitrogens with one attached hydrogen (secondary N) is 1. The number of carbonyl (C=O) groups excluding carboxylic acids is 2. The summed E-state index contributed by atoms with van der Waals surface area (Å²) in [5.41, 5.74) is 2.62. The summed E-state index contributed by atoms with van der Waals surface area (Å²) in [6.45, 7) is 1.98. The van der Waals surface area contributed by atoms with Crippen molar-refractivity contribution in [3.63, 3.8) is 0 Å². The zero-order valence-electron chi connectivity index (χ0n) is 14.9. The number of nitrogens with zero attached hydrogens (tertiary/aromatic N) is 4. The van der Waals surface area contributed by atoms with Crippen molar-refractivity contribution in [1.82, 2.24) is 19.8 Å². The average molecular weight is 373 g/mol. The highest BCUT2D eigenvalue weighted by molar-refractivity contribution is 7.11. The van der Waals surface area contributed by atoms with Gasteiger partial charge in [-0.05, 0) is 31.4 Å². The molecule has 2 aromatic heterocycles. The van der Waals surface area contributed by atoms with Crippen LogP contribution in [0.1, 0.15) is 28.2 Å². The van der Waals surface area contributed by atoms with Gasteiger partial charge in [-0.1, -0.05) is 6.07 Å². The molecule has 2 aromatic rings. The second-order valence-electron chi connectivity index (χ2n) is 6.31. The molecule has 138 valence electrons. The van der Waals surface area contributed by atoms with Gasteiger partial charge in [0.1, 0.15) is 17.2 Å². The van der Waals surface area contributed by atoms with E-state index in [0.717, 1.165) is 37.3 Å². The van der Waals surface area contributed by atoms with Crippen LogP contribution in [-0.2, 0) is 11.2 Å². The molecule has 1 aliphatic rings. The molecule has 7 nitrogen and oxygen atoms in total. The van der Waals surface area contributed by atoms with Crippen molar-refractivity contribution in [1.29, 1.82) is 0 Å². The molecular weight excluding hydrogens is 350 g/mol. The molecule has 2 bridgehead atoms. The van der Waals surface area contributed by atoms with E-state index in [0.29, 0.717) is 18.0 Å². The van der Waals surface area contributed by atoms with Crippen LogP contribution in [-0.4, -0.2) is 64.8 Å². The summed E-state index contributed by atoms with van der Waals surface area (Å²) in [5, 5.41) is 3.30. The van der Waals surface area contributed by atoms with E-state index in [1.807, 2.05) is 18.2 Å². The Balaban J connectivity index is 1.76. The first-order valence-corrected chi connectivity index (χ1v) is 9.63. The van der Waals surface area contributed by atoms with E-state index < -0.39 is 0 Å². The molecule has 3 heterocycles. The van der Waals surface area contributed by atoms with Gasteiger partial charge in [-0.25, -0.2) is 4.98 Å². The molecule has 0 aromatic carbocycles. The Bertz CT molecular complexity index is 750. The number of hydrogen-bond donors (Lipinski definition) is 1. The Morgan fingerprint density at radius 2 is 2.15 bits per heavy atom. The molecule has 0 unspecified atom stereocenters. The molecule has 0 spiro atoms. The molecule has 0 fully saturated rings. The van der Waals surface area contributed by atoms with E-state index in [2.05, 4.69) is 15.3 Å². The van der Waals surface area contributed by atoms with Crippen LogP contribution in [0.3, 0.4) is 0 Å². The maximum Gasteiger partial charge on any atom is 0.266 e. The van der Waals surface area contributed by atoms with Crippen LogP contribution in [0.25, 0.3) is 0 Å². The van der Waals surface area contributed by atoms with Gasteiger partial charge in [0.2, 0.25) is 5.91 Å². The first kappa shape index (κ1) is 18.3. The molecule has 0 radical (unpaired) electrons. The lowest BCUT2D eigenvalue weighted by molar-refractivity contribution is -0.130. The van der Waals surface area contributed by atoms with Crippen molar-refractivity contribution in [3.8, 4) is 0 Å². The Morgan fingerprint density at radius 1 is 1.27 bits per heavy atom. The number of aryl methyl sites for hydroxylation is 1. The van der Waals surface area contributed by atoms with Gasteiger partial charge in [-0.15, -0.1) is 11.3 Å². The predicted molar refractivity (Wildman–Crippen MR) is 101 cm³/mol. The van der Waals surface area contributed by atoms with Crippen molar-refractivity contribution >= 4 is 29.0 Å². The standard InChI is InChI=1S/C18H23N5O2S/c1-22-9-4-8-20-16-7-2-5-14(21-16)6-3-10-23(12-17(22)24)18(25)15-11-19-13-26-15/h2,5,7,11,13H,3-4,6,8-10,12H2,1H3,(H,20,21).